The Morgan fingerprint density at radius 2 is 1.65 bits per heavy atom. The smallest absolute Gasteiger partial charge is 0.229 e. The predicted octanol–water partition coefficient (Wildman–Crippen LogP) is 1.67. The highest BCUT2D eigenvalue weighted by atomic mass is 16.2. The van der Waals surface area contributed by atoms with Gasteiger partial charge in [-0.3, -0.25) is 19.3 Å². The van der Waals surface area contributed by atoms with Crippen LogP contribution in [0.1, 0.15) is 41.6 Å². The summed E-state index contributed by atoms with van der Waals surface area (Å²) in [5, 5.41) is 8.70. The van der Waals surface area contributed by atoms with E-state index in [0.717, 1.165) is 4.90 Å². The summed E-state index contributed by atoms with van der Waals surface area (Å²) in [5.74, 6) is -0.859. The lowest BCUT2D eigenvalue weighted by molar-refractivity contribution is -0.143. The SMILES string of the molecule is N#Cc1ccc(C(=O)CN2C(=O)CCCCC2=O)cc1. The molecule has 2 amide bonds. The lowest BCUT2D eigenvalue weighted by Gasteiger charge is -2.17. The molecule has 0 aromatic heterocycles. The number of carbonyl (C=O) groups is 3. The van der Waals surface area contributed by atoms with Crippen molar-refractivity contribution < 1.29 is 14.4 Å². The Hall–Kier alpha value is -2.48. The fourth-order valence-corrected chi connectivity index (χ4v) is 2.10. The quantitative estimate of drug-likeness (QED) is 0.618. The van der Waals surface area contributed by atoms with E-state index in [4.69, 9.17) is 5.26 Å². The van der Waals surface area contributed by atoms with Gasteiger partial charge in [-0.1, -0.05) is 12.1 Å². The number of carbonyl (C=O) groups excluding carboxylic acids is 3. The zero-order valence-corrected chi connectivity index (χ0v) is 11.0. The van der Waals surface area contributed by atoms with Gasteiger partial charge < -0.3 is 0 Å². The van der Waals surface area contributed by atoms with Gasteiger partial charge in [-0.25, -0.2) is 0 Å². The van der Waals surface area contributed by atoms with E-state index in [1.165, 1.54) is 12.1 Å². The molecule has 0 radical (unpaired) electrons. The molecule has 1 aromatic rings. The molecule has 2 rings (SSSR count). The number of Topliss-reactive ketones (excluding diaryl/α,β-unsaturated/α-hetero) is 1. The fourth-order valence-electron chi connectivity index (χ4n) is 2.10. The van der Waals surface area contributed by atoms with Crippen LogP contribution in [0.5, 0.6) is 0 Å². The third-order valence-electron chi connectivity index (χ3n) is 3.27. The molecule has 1 aliphatic rings. The van der Waals surface area contributed by atoms with Crippen molar-refractivity contribution in [3.8, 4) is 6.07 Å². The molecule has 0 spiro atoms. The third kappa shape index (κ3) is 3.09. The Labute approximate surface area is 116 Å². The number of nitriles is 1. The average molecular weight is 270 g/mol. The largest absolute Gasteiger partial charge is 0.292 e. The molecule has 5 heteroatoms. The summed E-state index contributed by atoms with van der Waals surface area (Å²) >= 11 is 0. The summed E-state index contributed by atoms with van der Waals surface area (Å²) in [6, 6.07) is 8.12. The molecular formula is C15H14N2O3. The minimum Gasteiger partial charge on any atom is -0.292 e. The maximum Gasteiger partial charge on any atom is 0.229 e. The molecule has 0 N–H and O–H groups in total. The fraction of sp³-hybridized carbons (Fsp3) is 0.333. The molecule has 0 unspecified atom stereocenters. The standard InChI is InChI=1S/C15H14N2O3/c16-9-11-5-7-12(8-6-11)13(18)10-17-14(19)3-1-2-4-15(17)20/h5-8H,1-4,10H2. The van der Waals surface area contributed by atoms with Crippen LogP contribution >= 0.6 is 0 Å². The third-order valence-corrected chi connectivity index (χ3v) is 3.27. The van der Waals surface area contributed by atoms with E-state index in [9.17, 15) is 14.4 Å². The molecule has 1 saturated heterocycles. The maximum absolute atomic E-state index is 12.1. The monoisotopic (exact) mass is 270 g/mol. The van der Waals surface area contributed by atoms with Crippen LogP contribution in [0.15, 0.2) is 24.3 Å². The zero-order valence-electron chi connectivity index (χ0n) is 11.0. The normalized spacial score (nSPS) is 15.7. The first-order chi connectivity index (χ1) is 9.61. The Balaban J connectivity index is 2.11. The number of rotatable bonds is 3. The minimum atomic E-state index is -0.293. The van der Waals surface area contributed by atoms with Crippen LogP contribution in [-0.2, 0) is 9.59 Å². The van der Waals surface area contributed by atoms with E-state index in [1.54, 1.807) is 12.1 Å². The molecule has 1 aromatic carbocycles. The Morgan fingerprint density at radius 3 is 2.15 bits per heavy atom. The molecule has 20 heavy (non-hydrogen) atoms. The van der Waals surface area contributed by atoms with Crippen LogP contribution in [0.2, 0.25) is 0 Å². The van der Waals surface area contributed by atoms with Gasteiger partial charge in [0, 0.05) is 18.4 Å². The van der Waals surface area contributed by atoms with Crippen molar-refractivity contribution >= 4 is 17.6 Å². The second-order valence-electron chi connectivity index (χ2n) is 4.69. The van der Waals surface area contributed by atoms with E-state index >= 15 is 0 Å². The second-order valence-corrected chi connectivity index (χ2v) is 4.69. The van der Waals surface area contributed by atoms with Gasteiger partial charge in [-0.15, -0.1) is 0 Å². The topological polar surface area (TPSA) is 78.2 Å². The Bertz CT molecular complexity index is 566. The molecular weight excluding hydrogens is 256 g/mol. The first-order valence-corrected chi connectivity index (χ1v) is 6.48. The van der Waals surface area contributed by atoms with Crippen molar-refractivity contribution in [1.82, 2.24) is 4.90 Å². The van der Waals surface area contributed by atoms with Gasteiger partial charge in [0.15, 0.2) is 5.78 Å². The molecule has 1 aliphatic heterocycles. The molecule has 0 bridgehead atoms. The summed E-state index contributed by atoms with van der Waals surface area (Å²) in [4.78, 5) is 36.7. The van der Waals surface area contributed by atoms with E-state index < -0.39 is 0 Å². The predicted molar refractivity (Wildman–Crippen MR) is 70.7 cm³/mol. The lowest BCUT2D eigenvalue weighted by atomic mass is 10.1. The van der Waals surface area contributed by atoms with Gasteiger partial charge in [-0.05, 0) is 25.0 Å². The van der Waals surface area contributed by atoms with Crippen molar-refractivity contribution in [2.24, 2.45) is 0 Å². The lowest BCUT2D eigenvalue weighted by Crippen LogP contribution is -2.39. The minimum absolute atomic E-state index is 0.219. The maximum atomic E-state index is 12.1. The molecule has 5 nitrogen and oxygen atoms in total. The van der Waals surface area contributed by atoms with Crippen molar-refractivity contribution in [3.63, 3.8) is 0 Å². The molecule has 1 heterocycles. The highest BCUT2D eigenvalue weighted by Crippen LogP contribution is 2.14. The van der Waals surface area contributed by atoms with Crippen molar-refractivity contribution in [2.45, 2.75) is 25.7 Å². The van der Waals surface area contributed by atoms with Gasteiger partial charge >= 0.3 is 0 Å². The number of hydrogen-bond acceptors (Lipinski definition) is 4. The van der Waals surface area contributed by atoms with Crippen molar-refractivity contribution in [2.75, 3.05) is 6.54 Å². The van der Waals surface area contributed by atoms with Crippen LogP contribution < -0.4 is 0 Å². The molecule has 102 valence electrons. The number of hydrogen-bond donors (Lipinski definition) is 0. The summed E-state index contributed by atoms with van der Waals surface area (Å²) in [6.45, 7) is -0.219. The average Bonchev–Trinajstić information content (AvgIpc) is 2.62. The molecule has 0 saturated carbocycles. The number of amides is 2. The van der Waals surface area contributed by atoms with Gasteiger partial charge in [0.2, 0.25) is 11.8 Å². The van der Waals surface area contributed by atoms with E-state index in [0.29, 0.717) is 36.8 Å². The van der Waals surface area contributed by atoms with Crippen LogP contribution in [0.3, 0.4) is 0 Å². The Kier molecular flexibility index (Phi) is 4.26. The number of benzene rings is 1. The second kappa shape index (κ2) is 6.11. The number of imide groups is 1. The van der Waals surface area contributed by atoms with E-state index in [2.05, 4.69) is 0 Å². The summed E-state index contributed by atoms with van der Waals surface area (Å²) in [5.41, 5.74) is 0.859. The highest BCUT2D eigenvalue weighted by molar-refractivity contribution is 6.04. The first kappa shape index (κ1) is 13.9. The van der Waals surface area contributed by atoms with Crippen LogP contribution in [-0.4, -0.2) is 29.0 Å². The van der Waals surface area contributed by atoms with Crippen LogP contribution in [0.4, 0.5) is 0 Å². The zero-order chi connectivity index (χ0) is 14.5. The first-order valence-electron chi connectivity index (χ1n) is 6.48. The molecule has 0 atom stereocenters. The number of nitrogens with zero attached hydrogens (tertiary/aromatic N) is 2. The van der Waals surface area contributed by atoms with Crippen molar-refractivity contribution in [3.05, 3.63) is 35.4 Å². The van der Waals surface area contributed by atoms with E-state index in [-0.39, 0.29) is 24.1 Å². The Morgan fingerprint density at radius 1 is 1.10 bits per heavy atom. The van der Waals surface area contributed by atoms with Gasteiger partial charge in [-0.2, -0.15) is 5.26 Å². The summed E-state index contributed by atoms with van der Waals surface area (Å²) in [6.07, 6.45) is 2.00. The summed E-state index contributed by atoms with van der Waals surface area (Å²) in [7, 11) is 0. The van der Waals surface area contributed by atoms with E-state index in [1.807, 2.05) is 6.07 Å². The van der Waals surface area contributed by atoms with Gasteiger partial charge in [0.25, 0.3) is 0 Å². The van der Waals surface area contributed by atoms with Crippen molar-refractivity contribution in [1.29, 1.82) is 5.26 Å². The summed E-state index contributed by atoms with van der Waals surface area (Å²) < 4.78 is 0. The molecule has 1 fully saturated rings. The van der Waals surface area contributed by atoms with Crippen LogP contribution in [0.25, 0.3) is 0 Å². The number of ketones is 1. The molecule has 0 aliphatic carbocycles. The van der Waals surface area contributed by atoms with Crippen LogP contribution in [0, 0.1) is 11.3 Å². The van der Waals surface area contributed by atoms with Gasteiger partial charge in [0.05, 0.1) is 18.2 Å². The highest BCUT2D eigenvalue weighted by Gasteiger charge is 2.26. The van der Waals surface area contributed by atoms with Gasteiger partial charge in [0.1, 0.15) is 0 Å². The number of likely N-dealkylation sites (tertiary alicyclic amines) is 1.